The summed E-state index contributed by atoms with van der Waals surface area (Å²) in [5.41, 5.74) is 6.89. The number of methoxy groups -OCH3 is 2. The van der Waals surface area contributed by atoms with Gasteiger partial charge in [-0.3, -0.25) is 4.90 Å². The van der Waals surface area contributed by atoms with Crippen LogP contribution in [0, 0.1) is 5.92 Å². The van der Waals surface area contributed by atoms with E-state index in [4.69, 9.17) is 14.2 Å². The predicted molar refractivity (Wildman–Crippen MR) is 171 cm³/mol. The zero-order valence-corrected chi connectivity index (χ0v) is 25.6. The Balaban J connectivity index is 1.11. The molecule has 0 bridgehead atoms. The Morgan fingerprint density at radius 2 is 1.50 bits per heavy atom. The van der Waals surface area contributed by atoms with Gasteiger partial charge in [-0.05, 0) is 129 Å². The lowest BCUT2D eigenvalue weighted by Crippen LogP contribution is -2.29. The molecule has 5 heteroatoms. The minimum Gasteiger partial charge on any atom is -0.497 e. The first-order valence-electron chi connectivity index (χ1n) is 16.2. The van der Waals surface area contributed by atoms with Crippen LogP contribution in [0.25, 0.3) is 0 Å². The molecule has 2 aliphatic carbocycles. The highest BCUT2D eigenvalue weighted by molar-refractivity contribution is 5.58. The number of rotatable bonds is 12. The first kappa shape index (κ1) is 28.9. The van der Waals surface area contributed by atoms with Crippen LogP contribution in [0.1, 0.15) is 73.1 Å². The highest BCUT2D eigenvalue weighted by Crippen LogP contribution is 2.41. The number of aryl methyl sites for hydroxylation is 1. The van der Waals surface area contributed by atoms with Crippen molar-refractivity contribution in [3.63, 3.8) is 0 Å². The van der Waals surface area contributed by atoms with E-state index in [2.05, 4.69) is 70.9 Å². The molecular weight excluding hydrogens is 520 g/mol. The van der Waals surface area contributed by atoms with E-state index < -0.39 is 0 Å². The van der Waals surface area contributed by atoms with Gasteiger partial charge in [-0.15, -0.1) is 0 Å². The van der Waals surface area contributed by atoms with Gasteiger partial charge in [0.15, 0.2) is 0 Å². The Hall–Kier alpha value is -3.18. The zero-order chi connectivity index (χ0) is 28.7. The number of nitrogens with zero attached hydrogens (tertiary/aromatic N) is 1. The molecule has 1 saturated carbocycles. The number of likely N-dealkylation sites (tertiary alicyclic amines) is 1. The summed E-state index contributed by atoms with van der Waals surface area (Å²) in [5, 5.41) is 4.03. The zero-order valence-electron chi connectivity index (χ0n) is 25.6. The van der Waals surface area contributed by atoms with Gasteiger partial charge in [0.2, 0.25) is 0 Å². The van der Waals surface area contributed by atoms with E-state index in [1.54, 1.807) is 14.2 Å². The fourth-order valence-corrected chi connectivity index (χ4v) is 6.93. The molecule has 6 rings (SSSR count). The second-order valence-corrected chi connectivity index (χ2v) is 12.6. The van der Waals surface area contributed by atoms with Crippen LogP contribution >= 0.6 is 0 Å². The van der Waals surface area contributed by atoms with Crippen molar-refractivity contribution in [3.8, 4) is 17.2 Å². The molecule has 0 aromatic heterocycles. The van der Waals surface area contributed by atoms with Crippen molar-refractivity contribution >= 4 is 5.69 Å². The quantitative estimate of drug-likeness (QED) is 0.243. The van der Waals surface area contributed by atoms with E-state index in [0.717, 1.165) is 56.1 Å². The summed E-state index contributed by atoms with van der Waals surface area (Å²) in [5.74, 6) is 4.06. The highest BCUT2D eigenvalue weighted by Gasteiger charge is 2.32. The summed E-state index contributed by atoms with van der Waals surface area (Å²) < 4.78 is 17.3. The topological polar surface area (TPSA) is 43.0 Å². The second kappa shape index (κ2) is 13.9. The summed E-state index contributed by atoms with van der Waals surface area (Å²) in [7, 11) is 3.51. The van der Waals surface area contributed by atoms with Crippen molar-refractivity contribution in [1.29, 1.82) is 0 Å². The van der Waals surface area contributed by atoms with Crippen molar-refractivity contribution in [2.75, 3.05) is 45.8 Å². The minimum atomic E-state index is 0.408. The molecule has 42 heavy (non-hydrogen) atoms. The van der Waals surface area contributed by atoms with Crippen LogP contribution in [0.4, 0.5) is 5.69 Å². The summed E-state index contributed by atoms with van der Waals surface area (Å²) in [4.78, 5) is 2.56. The SMILES string of the molecule is COc1ccc2c(c1)CCC(c1ccc(OC)cc1NC(Cc1ccc(OCCN3CCCCCC3)cc1)C1CC1)C2. The average molecular weight is 569 g/mol. The van der Waals surface area contributed by atoms with Gasteiger partial charge in [0.25, 0.3) is 0 Å². The molecule has 1 heterocycles. The third-order valence-corrected chi connectivity index (χ3v) is 9.63. The first-order chi connectivity index (χ1) is 20.7. The number of anilines is 1. The molecule has 1 N–H and O–H groups in total. The Kier molecular flexibility index (Phi) is 9.54. The number of nitrogens with one attached hydrogen (secondary N) is 1. The highest BCUT2D eigenvalue weighted by atomic mass is 16.5. The van der Waals surface area contributed by atoms with E-state index in [1.807, 2.05) is 0 Å². The monoisotopic (exact) mass is 568 g/mol. The summed E-state index contributed by atoms with van der Waals surface area (Å²) in [6, 6.07) is 22.5. The molecule has 0 spiro atoms. The Labute approximate surface area is 252 Å². The van der Waals surface area contributed by atoms with Gasteiger partial charge in [-0.2, -0.15) is 0 Å². The Bertz CT molecular complexity index is 1290. The van der Waals surface area contributed by atoms with Crippen molar-refractivity contribution in [3.05, 3.63) is 82.9 Å². The maximum Gasteiger partial charge on any atom is 0.120 e. The normalized spacial score (nSPS) is 19.8. The molecule has 0 amide bonds. The Morgan fingerprint density at radius 3 is 2.24 bits per heavy atom. The summed E-state index contributed by atoms with van der Waals surface area (Å²) >= 11 is 0. The molecule has 2 fully saturated rings. The molecule has 1 aliphatic heterocycles. The molecule has 224 valence electrons. The smallest absolute Gasteiger partial charge is 0.120 e. The standard InChI is InChI=1S/C37H48N2O3/c1-40-33-16-13-29-24-31(12-11-30(29)25-33)35-18-17-34(41-2)26-37(35)38-36(28-9-10-28)23-27-7-14-32(15-8-27)42-22-21-39-19-5-3-4-6-20-39/h7-8,13-18,25-26,28,31,36,38H,3-6,9-12,19-24H2,1-2H3. The number of ether oxygens (including phenoxy) is 3. The predicted octanol–water partition coefficient (Wildman–Crippen LogP) is 7.66. The van der Waals surface area contributed by atoms with E-state index in [-0.39, 0.29) is 0 Å². The molecule has 0 radical (unpaired) electrons. The molecule has 3 aromatic rings. The maximum absolute atomic E-state index is 6.13. The Morgan fingerprint density at radius 1 is 0.786 bits per heavy atom. The van der Waals surface area contributed by atoms with E-state index in [9.17, 15) is 0 Å². The van der Waals surface area contributed by atoms with Crippen LogP contribution in [-0.4, -0.2) is 51.4 Å². The van der Waals surface area contributed by atoms with Gasteiger partial charge in [0.05, 0.1) is 14.2 Å². The number of hydrogen-bond acceptors (Lipinski definition) is 5. The van der Waals surface area contributed by atoms with Gasteiger partial charge >= 0.3 is 0 Å². The number of fused-ring (bicyclic) bond motifs is 1. The van der Waals surface area contributed by atoms with Gasteiger partial charge in [-0.25, -0.2) is 0 Å². The van der Waals surface area contributed by atoms with E-state index in [1.165, 1.54) is 79.6 Å². The van der Waals surface area contributed by atoms with Crippen LogP contribution in [0.2, 0.25) is 0 Å². The van der Waals surface area contributed by atoms with E-state index >= 15 is 0 Å². The molecule has 1 saturated heterocycles. The van der Waals surface area contributed by atoms with Crippen LogP contribution in [0.15, 0.2) is 60.7 Å². The second-order valence-electron chi connectivity index (χ2n) is 12.6. The third kappa shape index (κ3) is 7.42. The summed E-state index contributed by atoms with van der Waals surface area (Å²) in [6.07, 6.45) is 12.3. The van der Waals surface area contributed by atoms with Gasteiger partial charge in [0, 0.05) is 24.3 Å². The maximum atomic E-state index is 6.13. The number of hydrogen-bond donors (Lipinski definition) is 1. The van der Waals surface area contributed by atoms with Crippen LogP contribution < -0.4 is 19.5 Å². The van der Waals surface area contributed by atoms with Gasteiger partial charge in [-0.1, -0.05) is 37.1 Å². The average Bonchev–Trinajstić information content (AvgIpc) is 3.90. The lowest BCUT2D eigenvalue weighted by molar-refractivity contribution is 0.214. The van der Waals surface area contributed by atoms with Crippen LogP contribution in [-0.2, 0) is 19.3 Å². The first-order valence-corrected chi connectivity index (χ1v) is 16.2. The lowest BCUT2D eigenvalue weighted by Gasteiger charge is -2.29. The van der Waals surface area contributed by atoms with Gasteiger partial charge < -0.3 is 19.5 Å². The minimum absolute atomic E-state index is 0.408. The molecule has 2 atom stereocenters. The summed E-state index contributed by atoms with van der Waals surface area (Å²) in [6.45, 7) is 4.23. The molecule has 3 aromatic carbocycles. The molecule has 2 unspecified atom stereocenters. The van der Waals surface area contributed by atoms with Gasteiger partial charge in [0.1, 0.15) is 23.9 Å². The fraction of sp³-hybridized carbons (Fsp3) is 0.514. The van der Waals surface area contributed by atoms with Crippen molar-refractivity contribution in [2.24, 2.45) is 5.92 Å². The number of benzene rings is 3. The third-order valence-electron chi connectivity index (χ3n) is 9.63. The van der Waals surface area contributed by atoms with E-state index in [0.29, 0.717) is 17.9 Å². The molecular formula is C37H48N2O3. The van der Waals surface area contributed by atoms with Crippen molar-refractivity contribution in [1.82, 2.24) is 4.90 Å². The van der Waals surface area contributed by atoms with Crippen molar-refractivity contribution in [2.45, 2.75) is 76.2 Å². The van der Waals surface area contributed by atoms with Crippen LogP contribution in [0.5, 0.6) is 17.2 Å². The fourth-order valence-electron chi connectivity index (χ4n) is 6.93. The van der Waals surface area contributed by atoms with Crippen molar-refractivity contribution < 1.29 is 14.2 Å². The largest absolute Gasteiger partial charge is 0.497 e. The lowest BCUT2D eigenvalue weighted by atomic mass is 9.79. The molecule has 3 aliphatic rings. The van der Waals surface area contributed by atoms with Crippen LogP contribution in [0.3, 0.4) is 0 Å². The molecule has 5 nitrogen and oxygen atoms in total.